The predicted octanol–water partition coefficient (Wildman–Crippen LogP) is 3.65. The molecule has 3 aromatic rings. The largest absolute Gasteiger partial charge is 0.484 e. The number of piperazine rings is 1. The van der Waals surface area contributed by atoms with Gasteiger partial charge in [-0.15, -0.1) is 0 Å². The van der Waals surface area contributed by atoms with E-state index in [1.54, 1.807) is 36.4 Å². The highest BCUT2D eigenvalue weighted by Gasteiger charge is 2.21. The minimum absolute atomic E-state index is 0.00266. The van der Waals surface area contributed by atoms with E-state index in [0.717, 1.165) is 13.1 Å². The number of rotatable bonds is 6. The molecule has 0 saturated carbocycles. The van der Waals surface area contributed by atoms with Crippen molar-refractivity contribution in [3.8, 4) is 5.75 Å². The SMILES string of the molecule is O=C(c1ccccc1)c1ccc(OCC(=O)N2CCN(c3ccccc3)CC2)cc1. The van der Waals surface area contributed by atoms with Gasteiger partial charge >= 0.3 is 0 Å². The van der Waals surface area contributed by atoms with Crippen molar-refractivity contribution in [3.05, 3.63) is 96.1 Å². The predicted molar refractivity (Wildman–Crippen MR) is 117 cm³/mol. The molecule has 0 atom stereocenters. The molecule has 0 unspecified atom stereocenters. The minimum atomic E-state index is -0.0329. The third-order valence-corrected chi connectivity index (χ3v) is 5.27. The van der Waals surface area contributed by atoms with Crippen LogP contribution in [0.4, 0.5) is 5.69 Å². The van der Waals surface area contributed by atoms with E-state index in [9.17, 15) is 9.59 Å². The molecular formula is C25H24N2O3. The second-order valence-electron chi connectivity index (χ2n) is 7.21. The lowest BCUT2D eigenvalue weighted by Crippen LogP contribution is -2.50. The Kier molecular flexibility index (Phi) is 6.09. The van der Waals surface area contributed by atoms with Crippen LogP contribution in [0.25, 0.3) is 0 Å². The monoisotopic (exact) mass is 400 g/mol. The first kappa shape index (κ1) is 19.7. The number of nitrogens with zero attached hydrogens (tertiary/aromatic N) is 2. The molecular weight excluding hydrogens is 376 g/mol. The topological polar surface area (TPSA) is 49.9 Å². The molecule has 30 heavy (non-hydrogen) atoms. The molecule has 0 spiro atoms. The van der Waals surface area contributed by atoms with Crippen LogP contribution in [-0.4, -0.2) is 49.4 Å². The van der Waals surface area contributed by atoms with Gasteiger partial charge in [-0.2, -0.15) is 0 Å². The Bertz CT molecular complexity index is 980. The van der Waals surface area contributed by atoms with Crippen molar-refractivity contribution < 1.29 is 14.3 Å². The molecule has 0 bridgehead atoms. The van der Waals surface area contributed by atoms with Crippen LogP contribution in [0.1, 0.15) is 15.9 Å². The van der Waals surface area contributed by atoms with Crippen LogP contribution in [0.15, 0.2) is 84.9 Å². The van der Waals surface area contributed by atoms with Crippen molar-refractivity contribution in [2.75, 3.05) is 37.7 Å². The van der Waals surface area contributed by atoms with Crippen molar-refractivity contribution in [2.45, 2.75) is 0 Å². The van der Waals surface area contributed by atoms with Gasteiger partial charge in [0.05, 0.1) is 0 Å². The van der Waals surface area contributed by atoms with Crippen LogP contribution in [0.2, 0.25) is 0 Å². The summed E-state index contributed by atoms with van der Waals surface area (Å²) in [5.41, 5.74) is 2.43. The zero-order valence-corrected chi connectivity index (χ0v) is 16.7. The maximum Gasteiger partial charge on any atom is 0.260 e. The fourth-order valence-corrected chi connectivity index (χ4v) is 3.55. The zero-order valence-electron chi connectivity index (χ0n) is 16.7. The highest BCUT2D eigenvalue weighted by molar-refractivity contribution is 6.08. The van der Waals surface area contributed by atoms with Crippen molar-refractivity contribution >= 4 is 17.4 Å². The quantitative estimate of drug-likeness (QED) is 0.593. The molecule has 0 aliphatic carbocycles. The van der Waals surface area contributed by atoms with Crippen molar-refractivity contribution in [1.29, 1.82) is 0 Å². The summed E-state index contributed by atoms with van der Waals surface area (Å²) in [5, 5.41) is 0. The van der Waals surface area contributed by atoms with Gasteiger partial charge in [0.1, 0.15) is 5.75 Å². The molecule has 1 aliphatic heterocycles. The van der Waals surface area contributed by atoms with Crippen molar-refractivity contribution in [1.82, 2.24) is 4.90 Å². The Morgan fingerprint density at radius 3 is 1.90 bits per heavy atom. The smallest absolute Gasteiger partial charge is 0.260 e. The first-order chi connectivity index (χ1) is 14.7. The first-order valence-corrected chi connectivity index (χ1v) is 10.1. The van der Waals surface area contributed by atoms with Crippen LogP contribution in [0.3, 0.4) is 0 Å². The van der Waals surface area contributed by atoms with Crippen LogP contribution >= 0.6 is 0 Å². The molecule has 0 N–H and O–H groups in total. The maximum absolute atomic E-state index is 12.5. The molecule has 1 aliphatic rings. The average molecular weight is 400 g/mol. The number of benzene rings is 3. The second-order valence-corrected chi connectivity index (χ2v) is 7.21. The van der Waals surface area contributed by atoms with Gasteiger partial charge < -0.3 is 14.5 Å². The number of ether oxygens (including phenoxy) is 1. The highest BCUT2D eigenvalue weighted by Crippen LogP contribution is 2.17. The first-order valence-electron chi connectivity index (χ1n) is 10.1. The van der Waals surface area contributed by atoms with Crippen molar-refractivity contribution in [2.24, 2.45) is 0 Å². The molecule has 1 heterocycles. The fourth-order valence-electron chi connectivity index (χ4n) is 3.55. The number of hydrogen-bond acceptors (Lipinski definition) is 4. The maximum atomic E-state index is 12.5. The van der Waals surface area contributed by atoms with Gasteiger partial charge in [0, 0.05) is 43.0 Å². The second kappa shape index (κ2) is 9.27. The van der Waals surface area contributed by atoms with E-state index in [-0.39, 0.29) is 18.3 Å². The minimum Gasteiger partial charge on any atom is -0.484 e. The molecule has 0 aromatic heterocycles. The van der Waals surface area contributed by atoms with E-state index in [4.69, 9.17) is 4.74 Å². The van der Waals surface area contributed by atoms with Crippen LogP contribution in [0.5, 0.6) is 5.75 Å². The number of carbonyl (C=O) groups is 2. The molecule has 5 nitrogen and oxygen atoms in total. The number of carbonyl (C=O) groups excluding carboxylic acids is 2. The number of hydrogen-bond donors (Lipinski definition) is 0. The van der Waals surface area contributed by atoms with E-state index in [1.807, 2.05) is 41.3 Å². The number of anilines is 1. The lowest BCUT2D eigenvalue weighted by Gasteiger charge is -2.36. The van der Waals surface area contributed by atoms with Gasteiger partial charge in [-0.05, 0) is 36.4 Å². The zero-order chi connectivity index (χ0) is 20.8. The summed E-state index contributed by atoms with van der Waals surface area (Å²) in [7, 11) is 0. The summed E-state index contributed by atoms with van der Waals surface area (Å²) in [6, 6.07) is 26.3. The molecule has 1 amide bonds. The fraction of sp³-hybridized carbons (Fsp3) is 0.200. The molecule has 4 rings (SSSR count). The van der Waals surface area contributed by atoms with E-state index in [1.165, 1.54) is 5.69 Å². The lowest BCUT2D eigenvalue weighted by molar-refractivity contribution is -0.133. The Morgan fingerprint density at radius 1 is 0.700 bits per heavy atom. The molecule has 1 fully saturated rings. The number of amides is 1. The summed E-state index contributed by atoms with van der Waals surface area (Å²) in [4.78, 5) is 29.1. The van der Waals surface area contributed by atoms with Gasteiger partial charge in [0.15, 0.2) is 12.4 Å². The molecule has 3 aromatic carbocycles. The van der Waals surface area contributed by atoms with Gasteiger partial charge in [-0.3, -0.25) is 9.59 Å². The van der Waals surface area contributed by atoms with Gasteiger partial charge in [-0.25, -0.2) is 0 Å². The van der Waals surface area contributed by atoms with E-state index < -0.39 is 0 Å². The summed E-state index contributed by atoms with van der Waals surface area (Å²) >= 11 is 0. The Balaban J connectivity index is 1.27. The summed E-state index contributed by atoms with van der Waals surface area (Å²) < 4.78 is 5.66. The van der Waals surface area contributed by atoms with Crippen LogP contribution < -0.4 is 9.64 Å². The normalized spacial score (nSPS) is 13.7. The van der Waals surface area contributed by atoms with Gasteiger partial charge in [0.2, 0.25) is 0 Å². The summed E-state index contributed by atoms with van der Waals surface area (Å²) in [6.45, 7) is 2.98. The van der Waals surface area contributed by atoms with E-state index in [2.05, 4.69) is 17.0 Å². The Morgan fingerprint density at radius 2 is 1.27 bits per heavy atom. The third-order valence-electron chi connectivity index (χ3n) is 5.27. The van der Waals surface area contributed by atoms with Gasteiger partial charge in [0.25, 0.3) is 5.91 Å². The van der Waals surface area contributed by atoms with E-state index in [0.29, 0.717) is 30.0 Å². The molecule has 152 valence electrons. The lowest BCUT2D eigenvalue weighted by atomic mass is 10.0. The number of ketones is 1. The number of para-hydroxylation sites is 1. The van der Waals surface area contributed by atoms with Gasteiger partial charge in [-0.1, -0.05) is 48.5 Å². The Hall–Kier alpha value is -3.60. The Labute approximate surface area is 176 Å². The standard InChI is InChI=1S/C25H24N2O3/c28-24(27-17-15-26(16-18-27)22-9-5-2-6-10-22)19-30-23-13-11-21(12-14-23)25(29)20-7-3-1-4-8-20/h1-14H,15-19H2. The molecule has 0 radical (unpaired) electrons. The van der Waals surface area contributed by atoms with Crippen molar-refractivity contribution in [3.63, 3.8) is 0 Å². The van der Waals surface area contributed by atoms with Crippen LogP contribution in [-0.2, 0) is 4.79 Å². The molecule has 1 saturated heterocycles. The average Bonchev–Trinajstić information content (AvgIpc) is 2.83. The van der Waals surface area contributed by atoms with E-state index >= 15 is 0 Å². The summed E-state index contributed by atoms with van der Waals surface area (Å²) in [6.07, 6.45) is 0. The third kappa shape index (κ3) is 4.69. The van der Waals surface area contributed by atoms with Crippen LogP contribution in [0, 0.1) is 0 Å². The highest BCUT2D eigenvalue weighted by atomic mass is 16.5. The molecule has 5 heteroatoms. The summed E-state index contributed by atoms with van der Waals surface area (Å²) in [5.74, 6) is 0.526.